The van der Waals surface area contributed by atoms with Crippen LogP contribution in [0.2, 0.25) is 0 Å². The van der Waals surface area contributed by atoms with Crippen molar-refractivity contribution in [3.8, 4) is 0 Å². The predicted octanol–water partition coefficient (Wildman–Crippen LogP) is 0.743. The Bertz CT molecular complexity index is 891. The van der Waals surface area contributed by atoms with Gasteiger partial charge in [-0.15, -0.1) is 0 Å². The van der Waals surface area contributed by atoms with Crippen LogP contribution in [0.3, 0.4) is 0 Å². The van der Waals surface area contributed by atoms with Gasteiger partial charge in [-0.2, -0.15) is 0 Å². The lowest BCUT2D eigenvalue weighted by atomic mass is 9.93. The number of sulfone groups is 1. The van der Waals surface area contributed by atoms with Crippen LogP contribution in [0.15, 0.2) is 0 Å². The molecule has 0 aromatic carbocycles. The molecular weight excluding hydrogens is 438 g/mol. The minimum absolute atomic E-state index is 0.0542. The molecular formula is C21H31N3O7S. The van der Waals surface area contributed by atoms with E-state index in [9.17, 15) is 27.6 Å². The summed E-state index contributed by atoms with van der Waals surface area (Å²) < 4.78 is 29.1. The van der Waals surface area contributed by atoms with Crippen molar-refractivity contribution >= 4 is 33.7 Å². The van der Waals surface area contributed by atoms with Crippen LogP contribution in [0.5, 0.6) is 0 Å². The number of carbonyl (C=O) groups excluding carboxylic acids is 4. The molecule has 4 aliphatic rings. The second kappa shape index (κ2) is 8.99. The molecule has 11 heteroatoms. The molecule has 4 amide bonds. The molecule has 0 aromatic heterocycles. The number of rotatable bonds is 6. The van der Waals surface area contributed by atoms with Crippen LogP contribution < -0.4 is 5.32 Å². The van der Waals surface area contributed by atoms with Gasteiger partial charge in [-0.25, -0.2) is 13.2 Å². The molecule has 2 aliphatic heterocycles. The van der Waals surface area contributed by atoms with Crippen molar-refractivity contribution in [2.75, 3.05) is 24.7 Å². The number of imide groups is 1. The van der Waals surface area contributed by atoms with E-state index in [-0.39, 0.29) is 17.5 Å². The van der Waals surface area contributed by atoms with Crippen molar-refractivity contribution in [3.05, 3.63) is 0 Å². The molecule has 1 N–H and O–H groups in total. The molecule has 4 fully saturated rings. The number of hydrogen-bond donors (Lipinski definition) is 1. The second-order valence-electron chi connectivity index (χ2n) is 9.42. The third kappa shape index (κ3) is 4.62. The quantitative estimate of drug-likeness (QED) is 0.448. The van der Waals surface area contributed by atoms with E-state index < -0.39 is 58.4 Å². The average Bonchev–Trinajstić information content (AvgIpc) is 3.43. The van der Waals surface area contributed by atoms with Gasteiger partial charge < -0.3 is 15.0 Å². The maximum absolute atomic E-state index is 13.0. The highest BCUT2D eigenvalue weighted by atomic mass is 32.2. The molecule has 2 saturated heterocycles. The van der Waals surface area contributed by atoms with Gasteiger partial charge in [-0.3, -0.25) is 19.3 Å². The number of amides is 4. The van der Waals surface area contributed by atoms with E-state index in [4.69, 9.17) is 4.74 Å². The molecule has 1 atom stereocenters. The summed E-state index contributed by atoms with van der Waals surface area (Å²) in [5.74, 6) is -1.67. The molecule has 2 heterocycles. The lowest BCUT2D eigenvalue weighted by Gasteiger charge is -2.38. The fourth-order valence-electron chi connectivity index (χ4n) is 5.59. The molecule has 1 spiro atoms. The van der Waals surface area contributed by atoms with Crippen molar-refractivity contribution in [2.24, 2.45) is 0 Å². The van der Waals surface area contributed by atoms with E-state index >= 15 is 0 Å². The van der Waals surface area contributed by atoms with Crippen LogP contribution >= 0.6 is 0 Å². The molecule has 0 bridgehead atoms. The number of nitrogens with one attached hydrogen (secondary N) is 1. The zero-order valence-electron chi connectivity index (χ0n) is 18.2. The molecule has 2 saturated carbocycles. The summed E-state index contributed by atoms with van der Waals surface area (Å²) in [6, 6.07) is -1.07. The molecule has 4 rings (SSSR count). The molecule has 32 heavy (non-hydrogen) atoms. The number of nitrogens with zero attached hydrogens (tertiary/aromatic N) is 2. The Balaban J connectivity index is 1.35. The van der Waals surface area contributed by atoms with Gasteiger partial charge in [0.1, 0.15) is 12.1 Å². The van der Waals surface area contributed by atoms with Crippen LogP contribution in [-0.4, -0.2) is 84.3 Å². The predicted molar refractivity (Wildman–Crippen MR) is 113 cm³/mol. The zero-order valence-corrected chi connectivity index (χ0v) is 19.0. The summed E-state index contributed by atoms with van der Waals surface area (Å²) in [6.45, 7) is -1.07. The Morgan fingerprint density at radius 2 is 1.72 bits per heavy atom. The maximum Gasteiger partial charge on any atom is 0.326 e. The van der Waals surface area contributed by atoms with E-state index in [2.05, 4.69) is 5.32 Å². The topological polar surface area (TPSA) is 130 Å². The molecule has 0 aromatic rings. The summed E-state index contributed by atoms with van der Waals surface area (Å²) in [5, 5.41) is 2.70. The van der Waals surface area contributed by atoms with Gasteiger partial charge in [0, 0.05) is 12.1 Å². The number of esters is 1. The van der Waals surface area contributed by atoms with Crippen LogP contribution in [0.4, 0.5) is 4.79 Å². The number of ether oxygens (including phenoxy) is 1. The number of carbonyl (C=O) groups is 4. The lowest BCUT2D eigenvalue weighted by molar-refractivity contribution is -0.155. The highest BCUT2D eigenvalue weighted by Gasteiger charge is 2.53. The fourth-order valence-corrected chi connectivity index (χ4v) is 7.30. The summed E-state index contributed by atoms with van der Waals surface area (Å²) in [6.07, 6.45) is 7.83. The largest absolute Gasteiger partial charge is 0.454 e. The highest BCUT2D eigenvalue weighted by molar-refractivity contribution is 7.91. The van der Waals surface area contributed by atoms with Crippen molar-refractivity contribution in [1.82, 2.24) is 15.1 Å². The number of urea groups is 1. The van der Waals surface area contributed by atoms with E-state index in [1.54, 1.807) is 4.90 Å². The van der Waals surface area contributed by atoms with Crippen LogP contribution in [0.1, 0.15) is 64.2 Å². The smallest absolute Gasteiger partial charge is 0.326 e. The Labute approximate surface area is 187 Å². The Morgan fingerprint density at radius 1 is 1.03 bits per heavy atom. The third-order valence-corrected chi connectivity index (χ3v) is 8.96. The first-order valence-electron chi connectivity index (χ1n) is 11.5. The first kappa shape index (κ1) is 23.0. The minimum Gasteiger partial charge on any atom is -0.454 e. The third-order valence-electron chi connectivity index (χ3n) is 7.20. The summed E-state index contributed by atoms with van der Waals surface area (Å²) in [4.78, 5) is 52.7. The first-order valence-corrected chi connectivity index (χ1v) is 13.3. The molecule has 178 valence electrons. The van der Waals surface area contributed by atoms with Gasteiger partial charge in [0.2, 0.25) is 0 Å². The monoisotopic (exact) mass is 469 g/mol. The summed E-state index contributed by atoms with van der Waals surface area (Å²) in [7, 11) is -3.17. The van der Waals surface area contributed by atoms with Gasteiger partial charge in [0.05, 0.1) is 11.5 Å². The average molecular weight is 470 g/mol. The molecule has 10 nitrogen and oxygen atoms in total. The van der Waals surface area contributed by atoms with Gasteiger partial charge in [0.25, 0.3) is 11.8 Å². The maximum atomic E-state index is 13.0. The summed E-state index contributed by atoms with van der Waals surface area (Å²) in [5.41, 5.74) is -0.904. The Morgan fingerprint density at radius 3 is 2.34 bits per heavy atom. The summed E-state index contributed by atoms with van der Waals surface area (Å²) >= 11 is 0. The standard InChI is InChI=1S/C21H31N3O7S/c25-17(24(15-6-2-1-3-7-15)16-8-11-32(29,30)14-16)13-31-18(26)12-23-19(27)21(22-20(23)28)9-4-5-10-21/h15-16H,1-14H2,(H,22,28)/t16-/m0/s1. The van der Waals surface area contributed by atoms with E-state index in [1.165, 1.54) is 0 Å². The van der Waals surface area contributed by atoms with Crippen molar-refractivity contribution < 1.29 is 32.3 Å². The SMILES string of the molecule is O=C(CN1C(=O)NC2(CCCC2)C1=O)OCC(=O)N(C1CCCCC1)[C@H]1CCS(=O)(=O)C1. The molecule has 2 aliphatic carbocycles. The molecule has 0 unspecified atom stereocenters. The number of hydrogen-bond acceptors (Lipinski definition) is 7. The van der Waals surface area contributed by atoms with Gasteiger partial charge in [-0.1, -0.05) is 32.1 Å². The normalized spacial score (nSPS) is 27.0. The van der Waals surface area contributed by atoms with Crippen molar-refractivity contribution in [1.29, 1.82) is 0 Å². The van der Waals surface area contributed by atoms with Crippen LogP contribution in [-0.2, 0) is 29.0 Å². The van der Waals surface area contributed by atoms with Gasteiger partial charge in [0.15, 0.2) is 16.4 Å². The molecule has 0 radical (unpaired) electrons. The minimum atomic E-state index is -3.17. The van der Waals surface area contributed by atoms with Crippen LogP contribution in [0.25, 0.3) is 0 Å². The Hall–Kier alpha value is -2.17. The van der Waals surface area contributed by atoms with Gasteiger partial charge >= 0.3 is 12.0 Å². The van der Waals surface area contributed by atoms with Gasteiger partial charge in [-0.05, 0) is 32.1 Å². The zero-order chi connectivity index (χ0) is 22.9. The van der Waals surface area contributed by atoms with Crippen LogP contribution in [0, 0.1) is 0 Å². The highest BCUT2D eigenvalue weighted by Crippen LogP contribution is 2.35. The van der Waals surface area contributed by atoms with Crippen molar-refractivity contribution in [3.63, 3.8) is 0 Å². The van der Waals surface area contributed by atoms with Crippen molar-refractivity contribution in [2.45, 2.75) is 81.8 Å². The van der Waals surface area contributed by atoms with E-state index in [0.29, 0.717) is 19.3 Å². The van der Waals surface area contributed by atoms with E-state index in [1.807, 2.05) is 0 Å². The first-order chi connectivity index (χ1) is 15.2. The second-order valence-corrected chi connectivity index (χ2v) is 11.6. The fraction of sp³-hybridized carbons (Fsp3) is 0.810. The van der Waals surface area contributed by atoms with E-state index in [0.717, 1.165) is 49.8 Å². The Kier molecular flexibility index (Phi) is 6.46. The lowest BCUT2D eigenvalue weighted by Crippen LogP contribution is -2.50.